The molecule has 4 aromatic rings. The second kappa shape index (κ2) is 6.59. The molecule has 31 heavy (non-hydrogen) atoms. The van der Waals surface area contributed by atoms with Crippen LogP contribution in [0.3, 0.4) is 0 Å². The van der Waals surface area contributed by atoms with E-state index >= 15 is 0 Å². The van der Waals surface area contributed by atoms with Gasteiger partial charge in [0.15, 0.2) is 0 Å². The van der Waals surface area contributed by atoms with E-state index in [-0.39, 0.29) is 12.1 Å². The molecular formula is C23H25N5O3. The highest BCUT2D eigenvalue weighted by molar-refractivity contribution is 5.78. The lowest BCUT2D eigenvalue weighted by Gasteiger charge is -2.26. The Morgan fingerprint density at radius 2 is 2.00 bits per heavy atom. The van der Waals surface area contributed by atoms with Gasteiger partial charge in [-0.1, -0.05) is 0 Å². The molecule has 2 N–H and O–H groups in total. The summed E-state index contributed by atoms with van der Waals surface area (Å²) in [6.07, 6.45) is 6.88. The summed E-state index contributed by atoms with van der Waals surface area (Å²) in [5.74, 6) is 0. The van der Waals surface area contributed by atoms with E-state index < -0.39 is 17.6 Å². The van der Waals surface area contributed by atoms with Crippen molar-refractivity contribution in [1.82, 2.24) is 23.9 Å². The molecule has 160 valence electrons. The van der Waals surface area contributed by atoms with E-state index in [1.165, 1.54) is 0 Å². The third-order valence-corrected chi connectivity index (χ3v) is 7.17. The van der Waals surface area contributed by atoms with E-state index in [2.05, 4.69) is 15.0 Å². The van der Waals surface area contributed by atoms with Crippen LogP contribution < -0.4 is 0 Å². The predicted molar refractivity (Wildman–Crippen MR) is 114 cm³/mol. The Labute approximate surface area is 179 Å². The van der Waals surface area contributed by atoms with Gasteiger partial charge in [-0.3, -0.25) is 0 Å². The molecule has 0 aromatic carbocycles. The van der Waals surface area contributed by atoms with Gasteiger partial charge in [0, 0.05) is 29.4 Å². The first-order chi connectivity index (χ1) is 14.9. The van der Waals surface area contributed by atoms with Gasteiger partial charge in [0.05, 0.1) is 36.2 Å². The minimum atomic E-state index is -0.884. The highest BCUT2D eigenvalue weighted by atomic mass is 16.5. The van der Waals surface area contributed by atoms with E-state index in [0.717, 1.165) is 33.6 Å². The van der Waals surface area contributed by atoms with Crippen molar-refractivity contribution < 1.29 is 14.9 Å². The molecule has 2 aliphatic rings. The average Bonchev–Trinajstić information content (AvgIpc) is 3.50. The number of ether oxygens (including phenoxy) is 1. The largest absolute Gasteiger partial charge is 0.390 e. The lowest BCUT2D eigenvalue weighted by atomic mass is 9.80. The zero-order chi connectivity index (χ0) is 21.3. The number of rotatable bonds is 2. The lowest BCUT2D eigenvalue weighted by Crippen LogP contribution is -2.37. The first-order valence-corrected chi connectivity index (χ1v) is 10.7. The number of aliphatic hydroxyl groups is 2. The van der Waals surface area contributed by atoms with Crippen molar-refractivity contribution >= 4 is 16.7 Å². The van der Waals surface area contributed by atoms with Crippen molar-refractivity contribution in [3.8, 4) is 0 Å². The maximum absolute atomic E-state index is 11.1. The Balaban J connectivity index is 1.31. The Morgan fingerprint density at radius 1 is 1.13 bits per heavy atom. The van der Waals surface area contributed by atoms with Crippen LogP contribution in [0.15, 0.2) is 43.1 Å². The predicted octanol–water partition coefficient (Wildman–Crippen LogP) is 2.51. The van der Waals surface area contributed by atoms with Crippen molar-refractivity contribution in [3.63, 3.8) is 0 Å². The molecule has 5 atom stereocenters. The summed E-state index contributed by atoms with van der Waals surface area (Å²) in [7, 11) is 0. The van der Waals surface area contributed by atoms with E-state index in [1.54, 1.807) is 6.33 Å². The summed E-state index contributed by atoms with van der Waals surface area (Å²) < 4.78 is 10.2. The highest BCUT2D eigenvalue weighted by Gasteiger charge is 2.57. The minimum Gasteiger partial charge on any atom is -0.390 e. The molecule has 2 fully saturated rings. The molecule has 1 saturated heterocycles. The van der Waals surface area contributed by atoms with Crippen LogP contribution in [0.4, 0.5) is 0 Å². The van der Waals surface area contributed by atoms with Crippen LogP contribution in [0.2, 0.25) is 0 Å². The molecule has 1 aliphatic heterocycles. The lowest BCUT2D eigenvalue weighted by molar-refractivity contribution is -0.0309. The van der Waals surface area contributed by atoms with Crippen LogP contribution in [-0.4, -0.2) is 52.9 Å². The van der Waals surface area contributed by atoms with Crippen LogP contribution in [0.25, 0.3) is 16.7 Å². The SMILES string of the molecule is Cc1cn2ccc([C@H]3C[C@@]4(CO3)C[C@@H](n3ccc5c(C)ncnc53)[C@H](O)[C@@H]4O)cc2n1. The molecule has 8 nitrogen and oxygen atoms in total. The van der Waals surface area contributed by atoms with Gasteiger partial charge >= 0.3 is 0 Å². The third-order valence-electron chi connectivity index (χ3n) is 7.17. The maximum Gasteiger partial charge on any atom is 0.143 e. The van der Waals surface area contributed by atoms with Crippen molar-refractivity contribution in [2.75, 3.05) is 6.61 Å². The van der Waals surface area contributed by atoms with E-state index in [0.29, 0.717) is 19.4 Å². The van der Waals surface area contributed by atoms with Crippen molar-refractivity contribution in [2.45, 2.75) is 51.0 Å². The highest BCUT2D eigenvalue weighted by Crippen LogP contribution is 2.54. The summed E-state index contributed by atoms with van der Waals surface area (Å²) >= 11 is 0. The minimum absolute atomic E-state index is 0.131. The number of nitrogens with zero attached hydrogens (tertiary/aromatic N) is 5. The molecule has 0 unspecified atom stereocenters. The fourth-order valence-corrected chi connectivity index (χ4v) is 5.50. The zero-order valence-corrected chi connectivity index (χ0v) is 17.5. The van der Waals surface area contributed by atoms with Gasteiger partial charge in [0.25, 0.3) is 0 Å². The van der Waals surface area contributed by atoms with Crippen LogP contribution in [0, 0.1) is 19.3 Å². The Hall–Kier alpha value is -2.81. The normalized spacial score (nSPS) is 30.8. The zero-order valence-electron chi connectivity index (χ0n) is 17.5. The summed E-state index contributed by atoms with van der Waals surface area (Å²) in [6.45, 7) is 4.34. The molecule has 1 aliphatic carbocycles. The smallest absolute Gasteiger partial charge is 0.143 e. The molecule has 6 rings (SSSR count). The molecular weight excluding hydrogens is 394 g/mol. The van der Waals surface area contributed by atoms with Crippen LogP contribution in [-0.2, 0) is 4.74 Å². The number of hydrogen-bond donors (Lipinski definition) is 2. The molecule has 4 aromatic heterocycles. The van der Waals surface area contributed by atoms with Crippen LogP contribution >= 0.6 is 0 Å². The number of imidazole rings is 1. The van der Waals surface area contributed by atoms with E-state index in [4.69, 9.17) is 4.74 Å². The topological polar surface area (TPSA) is 97.7 Å². The third kappa shape index (κ3) is 2.75. The monoisotopic (exact) mass is 419 g/mol. The molecule has 0 bridgehead atoms. The van der Waals surface area contributed by atoms with E-state index in [1.807, 2.05) is 59.6 Å². The number of aryl methyl sites for hydroxylation is 2. The molecule has 8 heteroatoms. The van der Waals surface area contributed by atoms with Crippen molar-refractivity contribution in [3.05, 3.63) is 60.1 Å². The Bertz CT molecular complexity index is 1300. The van der Waals surface area contributed by atoms with Gasteiger partial charge in [0.2, 0.25) is 0 Å². The second-order valence-electron chi connectivity index (χ2n) is 9.10. The quantitative estimate of drug-likeness (QED) is 0.518. The van der Waals surface area contributed by atoms with Gasteiger partial charge in [0.1, 0.15) is 23.7 Å². The standard InChI is InChI=1S/C23H25N5O3/c1-13-10-27-5-3-15(7-19(27)26-13)18-9-23(11-31-18)8-17(20(29)21(23)30)28-6-4-16-14(2)24-12-25-22(16)28/h3-7,10,12,17-18,20-21,29-30H,8-9,11H2,1-2H3/t17-,18-,20+,21+,23-/m1/s1. The first kappa shape index (κ1) is 18.9. The van der Waals surface area contributed by atoms with Gasteiger partial charge in [-0.25, -0.2) is 15.0 Å². The molecule has 1 spiro atoms. The first-order valence-electron chi connectivity index (χ1n) is 10.7. The Morgan fingerprint density at radius 3 is 2.87 bits per heavy atom. The number of pyridine rings is 1. The van der Waals surface area contributed by atoms with Gasteiger partial charge in [-0.15, -0.1) is 0 Å². The van der Waals surface area contributed by atoms with Crippen LogP contribution in [0.5, 0.6) is 0 Å². The summed E-state index contributed by atoms with van der Waals surface area (Å²) in [5, 5.41) is 23.1. The number of aliphatic hydroxyl groups excluding tert-OH is 2. The molecule has 0 radical (unpaired) electrons. The molecule has 5 heterocycles. The van der Waals surface area contributed by atoms with Crippen LogP contribution in [0.1, 0.15) is 41.9 Å². The number of fused-ring (bicyclic) bond motifs is 2. The Kier molecular flexibility index (Phi) is 4.02. The summed E-state index contributed by atoms with van der Waals surface area (Å²) in [5.41, 5.74) is 4.10. The summed E-state index contributed by atoms with van der Waals surface area (Å²) in [6, 6.07) is 5.81. The molecule has 1 saturated carbocycles. The van der Waals surface area contributed by atoms with Crippen molar-refractivity contribution in [1.29, 1.82) is 0 Å². The fraction of sp³-hybridized carbons (Fsp3) is 0.435. The number of hydrogen-bond acceptors (Lipinski definition) is 6. The number of aromatic nitrogens is 5. The van der Waals surface area contributed by atoms with Crippen molar-refractivity contribution in [2.24, 2.45) is 5.41 Å². The van der Waals surface area contributed by atoms with E-state index in [9.17, 15) is 10.2 Å². The van der Waals surface area contributed by atoms with Gasteiger partial charge in [-0.2, -0.15) is 0 Å². The second-order valence-corrected chi connectivity index (χ2v) is 9.10. The molecule has 0 amide bonds. The average molecular weight is 419 g/mol. The van der Waals surface area contributed by atoms with Gasteiger partial charge < -0.3 is 23.9 Å². The van der Waals surface area contributed by atoms with Gasteiger partial charge in [-0.05, 0) is 50.5 Å². The summed E-state index contributed by atoms with van der Waals surface area (Å²) in [4.78, 5) is 13.2. The maximum atomic E-state index is 11.1. The fourth-order valence-electron chi connectivity index (χ4n) is 5.50.